The number of carbonyl (C=O) groups excluding carboxylic acids is 2. The van der Waals surface area contributed by atoms with Gasteiger partial charge in [0.05, 0.1) is 10.6 Å². The highest BCUT2D eigenvalue weighted by atomic mass is 35.5. The first-order chi connectivity index (χ1) is 11.4. The molecule has 2 bridgehead atoms. The van der Waals surface area contributed by atoms with Crippen LogP contribution in [0.2, 0.25) is 0 Å². The van der Waals surface area contributed by atoms with E-state index in [0.29, 0.717) is 36.0 Å². The largest absolute Gasteiger partial charge is 0.311 e. The maximum absolute atomic E-state index is 12.4. The lowest BCUT2D eigenvalue weighted by Gasteiger charge is -2.28. The van der Waals surface area contributed by atoms with E-state index in [0.717, 1.165) is 29.8 Å². The van der Waals surface area contributed by atoms with Crippen LogP contribution in [0.3, 0.4) is 0 Å². The molecule has 2 aliphatic heterocycles. The lowest BCUT2D eigenvalue weighted by molar-refractivity contribution is -0.117. The van der Waals surface area contributed by atoms with Crippen molar-refractivity contribution in [3.8, 4) is 0 Å². The van der Waals surface area contributed by atoms with Gasteiger partial charge in [0.25, 0.3) is 0 Å². The van der Waals surface area contributed by atoms with Crippen LogP contribution < -0.4 is 10.6 Å². The Kier molecular flexibility index (Phi) is 5.24. The summed E-state index contributed by atoms with van der Waals surface area (Å²) in [6, 6.07) is 1.21. The quantitative estimate of drug-likeness (QED) is 0.836. The van der Waals surface area contributed by atoms with Gasteiger partial charge in [-0.25, -0.2) is 4.98 Å². The van der Waals surface area contributed by atoms with Crippen LogP contribution >= 0.6 is 23.7 Å². The van der Waals surface area contributed by atoms with Gasteiger partial charge in [-0.1, -0.05) is 25.2 Å². The van der Waals surface area contributed by atoms with Gasteiger partial charge in [-0.15, -0.1) is 12.4 Å². The standard InChI is InChI=1S/C18H25N3O2S.ClH/c1-18(2)8-13-16(14(22)9-18)24-17(20-13)21-15(23)7-10-5-11-3-4-12(6-10)19-11;/h10-12,19H,3-9H2,1-2H3,(H,20,21,23);1H. The van der Waals surface area contributed by atoms with Gasteiger partial charge < -0.3 is 10.6 Å². The number of hydrogen-bond donors (Lipinski definition) is 2. The van der Waals surface area contributed by atoms with E-state index < -0.39 is 0 Å². The van der Waals surface area contributed by atoms with Crippen LogP contribution in [0.15, 0.2) is 0 Å². The molecule has 1 aromatic heterocycles. The maximum atomic E-state index is 12.4. The first-order valence-corrected chi connectivity index (χ1v) is 9.78. The molecular formula is C18H26ClN3O2S. The Hall–Kier alpha value is -0.980. The highest BCUT2D eigenvalue weighted by molar-refractivity contribution is 7.17. The van der Waals surface area contributed by atoms with Crippen molar-refractivity contribution in [1.29, 1.82) is 0 Å². The highest BCUT2D eigenvalue weighted by Crippen LogP contribution is 2.38. The van der Waals surface area contributed by atoms with Crippen molar-refractivity contribution in [2.45, 2.75) is 70.9 Å². The summed E-state index contributed by atoms with van der Waals surface area (Å²) in [5.74, 6) is 0.673. The molecule has 3 aliphatic rings. The Balaban J connectivity index is 0.00000182. The number of aromatic nitrogens is 1. The first kappa shape index (κ1) is 18.8. The summed E-state index contributed by atoms with van der Waals surface area (Å²) in [7, 11) is 0. The molecule has 2 fully saturated rings. The van der Waals surface area contributed by atoms with Gasteiger partial charge in [-0.05, 0) is 43.4 Å². The maximum Gasteiger partial charge on any atom is 0.226 e. The molecule has 138 valence electrons. The summed E-state index contributed by atoms with van der Waals surface area (Å²) < 4.78 is 0. The van der Waals surface area contributed by atoms with Gasteiger partial charge in [0.2, 0.25) is 5.91 Å². The number of nitrogens with zero attached hydrogens (tertiary/aromatic N) is 1. The number of anilines is 1. The fourth-order valence-electron chi connectivity index (χ4n) is 4.55. The number of nitrogens with one attached hydrogen (secondary N) is 2. The lowest BCUT2D eigenvalue weighted by atomic mass is 9.78. The molecule has 3 heterocycles. The van der Waals surface area contributed by atoms with Crippen molar-refractivity contribution in [3.05, 3.63) is 10.6 Å². The molecule has 2 unspecified atom stereocenters. The molecule has 4 rings (SSSR count). The molecule has 5 nitrogen and oxygen atoms in total. The number of carbonyl (C=O) groups is 2. The van der Waals surface area contributed by atoms with E-state index in [1.54, 1.807) is 0 Å². The summed E-state index contributed by atoms with van der Waals surface area (Å²) in [6.07, 6.45) is 6.64. The van der Waals surface area contributed by atoms with Crippen LogP contribution in [0.5, 0.6) is 0 Å². The minimum atomic E-state index is -0.0339. The van der Waals surface area contributed by atoms with Crippen molar-refractivity contribution in [3.63, 3.8) is 0 Å². The summed E-state index contributed by atoms with van der Waals surface area (Å²) in [4.78, 5) is 29.9. The van der Waals surface area contributed by atoms with E-state index in [1.807, 2.05) is 0 Å². The van der Waals surface area contributed by atoms with E-state index in [1.165, 1.54) is 24.2 Å². The van der Waals surface area contributed by atoms with Crippen LogP contribution in [0, 0.1) is 11.3 Å². The molecule has 0 spiro atoms. The molecule has 0 aromatic carbocycles. The fourth-order valence-corrected chi connectivity index (χ4v) is 5.48. The normalized spacial score (nSPS) is 29.7. The second kappa shape index (κ2) is 6.97. The van der Waals surface area contributed by atoms with Crippen LogP contribution in [0.1, 0.15) is 67.7 Å². The molecule has 0 radical (unpaired) electrons. The lowest BCUT2D eigenvalue weighted by Crippen LogP contribution is -2.39. The van der Waals surface area contributed by atoms with Crippen molar-refractivity contribution >= 4 is 40.6 Å². The first-order valence-electron chi connectivity index (χ1n) is 8.97. The number of thiazole rings is 1. The molecule has 1 aromatic rings. The molecule has 7 heteroatoms. The monoisotopic (exact) mass is 383 g/mol. The van der Waals surface area contributed by atoms with E-state index in [-0.39, 0.29) is 29.5 Å². The van der Waals surface area contributed by atoms with E-state index in [2.05, 4.69) is 29.5 Å². The van der Waals surface area contributed by atoms with Crippen LogP contribution in [0.25, 0.3) is 0 Å². The van der Waals surface area contributed by atoms with Crippen LogP contribution in [-0.4, -0.2) is 28.8 Å². The Bertz CT molecular complexity index is 676. The van der Waals surface area contributed by atoms with Crippen molar-refractivity contribution in [1.82, 2.24) is 10.3 Å². The fraction of sp³-hybridized carbons (Fsp3) is 0.722. The predicted octanol–water partition coefficient (Wildman–Crippen LogP) is 3.58. The molecule has 0 saturated carbocycles. The number of fused-ring (bicyclic) bond motifs is 3. The molecule has 2 atom stereocenters. The average Bonchev–Trinajstić information content (AvgIpc) is 3.00. The number of halogens is 1. The SMILES string of the molecule is CC1(C)CC(=O)c2sc(NC(=O)CC3CC4CCC(C3)N4)nc2C1.Cl. The Morgan fingerprint density at radius 1 is 1.28 bits per heavy atom. The highest BCUT2D eigenvalue weighted by Gasteiger charge is 2.35. The Labute approximate surface area is 158 Å². The zero-order valence-electron chi connectivity index (χ0n) is 14.8. The van der Waals surface area contributed by atoms with Crippen LogP contribution in [0.4, 0.5) is 5.13 Å². The van der Waals surface area contributed by atoms with Crippen LogP contribution in [-0.2, 0) is 11.2 Å². The molecule has 2 saturated heterocycles. The van der Waals surface area contributed by atoms with Crippen molar-refractivity contribution in [2.24, 2.45) is 11.3 Å². The summed E-state index contributed by atoms with van der Waals surface area (Å²) >= 11 is 1.34. The molecule has 25 heavy (non-hydrogen) atoms. The number of piperidine rings is 1. The number of hydrogen-bond acceptors (Lipinski definition) is 5. The zero-order valence-corrected chi connectivity index (χ0v) is 16.4. The predicted molar refractivity (Wildman–Crippen MR) is 102 cm³/mol. The molecule has 1 aliphatic carbocycles. The second-order valence-corrected chi connectivity index (χ2v) is 9.46. The smallest absolute Gasteiger partial charge is 0.226 e. The van der Waals surface area contributed by atoms with Gasteiger partial charge in [-0.3, -0.25) is 9.59 Å². The topological polar surface area (TPSA) is 71.1 Å². The third-order valence-electron chi connectivity index (χ3n) is 5.53. The minimum Gasteiger partial charge on any atom is -0.311 e. The molecular weight excluding hydrogens is 358 g/mol. The molecule has 2 N–H and O–H groups in total. The third kappa shape index (κ3) is 4.07. The summed E-state index contributed by atoms with van der Waals surface area (Å²) in [6.45, 7) is 4.19. The average molecular weight is 384 g/mol. The Morgan fingerprint density at radius 2 is 1.96 bits per heavy atom. The minimum absolute atomic E-state index is 0. The number of Topliss-reactive ketones (excluding diaryl/α,β-unsaturated/α-hetero) is 1. The van der Waals surface area contributed by atoms with Gasteiger partial charge in [0.1, 0.15) is 0 Å². The van der Waals surface area contributed by atoms with Gasteiger partial charge in [0, 0.05) is 24.9 Å². The van der Waals surface area contributed by atoms with Gasteiger partial charge in [0.15, 0.2) is 10.9 Å². The number of rotatable bonds is 3. The second-order valence-electron chi connectivity index (χ2n) is 8.46. The zero-order chi connectivity index (χ0) is 16.9. The van der Waals surface area contributed by atoms with Crippen molar-refractivity contribution < 1.29 is 9.59 Å². The number of ketones is 1. The van der Waals surface area contributed by atoms with E-state index >= 15 is 0 Å². The molecule has 1 amide bonds. The Morgan fingerprint density at radius 3 is 2.64 bits per heavy atom. The summed E-state index contributed by atoms with van der Waals surface area (Å²) in [5, 5.41) is 7.14. The third-order valence-corrected chi connectivity index (χ3v) is 6.58. The van der Waals surface area contributed by atoms with E-state index in [4.69, 9.17) is 0 Å². The van der Waals surface area contributed by atoms with Gasteiger partial charge >= 0.3 is 0 Å². The van der Waals surface area contributed by atoms with E-state index in [9.17, 15) is 9.59 Å². The number of amides is 1. The van der Waals surface area contributed by atoms with Crippen molar-refractivity contribution in [2.75, 3.05) is 5.32 Å². The summed E-state index contributed by atoms with van der Waals surface area (Å²) in [5.41, 5.74) is 0.824. The van der Waals surface area contributed by atoms with Gasteiger partial charge in [-0.2, -0.15) is 0 Å².